The highest BCUT2D eigenvalue weighted by molar-refractivity contribution is 6.88. The molecule has 0 aliphatic heterocycles. The summed E-state index contributed by atoms with van der Waals surface area (Å²) in [6, 6.07) is 12.5. The van der Waals surface area contributed by atoms with Gasteiger partial charge >= 0.3 is 0 Å². The van der Waals surface area contributed by atoms with Gasteiger partial charge in [-0.05, 0) is 6.07 Å². The fourth-order valence-corrected chi connectivity index (χ4v) is 3.04. The Morgan fingerprint density at radius 2 is 1.68 bits per heavy atom. The number of pyridine rings is 1. The van der Waals surface area contributed by atoms with Crippen molar-refractivity contribution < 1.29 is 9.52 Å². The van der Waals surface area contributed by atoms with Crippen LogP contribution in [0.1, 0.15) is 16.1 Å². The third-order valence-electron chi connectivity index (χ3n) is 3.07. The number of rotatable bonds is 3. The largest absolute Gasteiger partial charge is 0.618 e. The smallest absolute Gasteiger partial charge is 0.264 e. The van der Waals surface area contributed by atoms with Gasteiger partial charge in [-0.2, -0.15) is 4.73 Å². The van der Waals surface area contributed by atoms with Crippen LogP contribution in [-0.4, -0.2) is 13.9 Å². The molecular weight excluding hydrogens is 254 g/mol. The molecule has 0 N–H and O–H groups in total. The minimum Gasteiger partial charge on any atom is -0.618 e. The summed E-state index contributed by atoms with van der Waals surface area (Å²) in [6.07, 6.45) is 1.34. The molecule has 0 saturated carbocycles. The Balaban J connectivity index is 2.34. The Bertz CT molecular complexity index is 600. The molecule has 0 fully saturated rings. The second-order valence-corrected chi connectivity index (χ2v) is 10.6. The lowest BCUT2D eigenvalue weighted by Gasteiger charge is -2.16. The molecule has 1 aromatic heterocycles. The van der Waals surface area contributed by atoms with E-state index in [0.29, 0.717) is 10.3 Å². The molecule has 0 amide bonds. The van der Waals surface area contributed by atoms with Gasteiger partial charge in [0.25, 0.3) is 11.5 Å². The van der Waals surface area contributed by atoms with Crippen LogP contribution < -0.4 is 9.92 Å². The van der Waals surface area contributed by atoms with Gasteiger partial charge in [0.05, 0.1) is 8.07 Å². The van der Waals surface area contributed by atoms with E-state index in [1.54, 1.807) is 18.2 Å². The second kappa shape index (κ2) is 4.97. The van der Waals surface area contributed by atoms with E-state index in [4.69, 9.17) is 0 Å². The molecule has 98 valence electrons. The topological polar surface area (TPSA) is 44.0 Å². The SMILES string of the molecule is C[Si](C)(C)c1ccc(C(=O)c2cccc[n+]2[O-])cc1. The van der Waals surface area contributed by atoms with Gasteiger partial charge in [0, 0.05) is 17.7 Å². The zero-order valence-corrected chi connectivity index (χ0v) is 12.4. The number of carbonyl (C=O) groups excluding carboxylic acids is 1. The molecule has 0 spiro atoms. The molecule has 0 aliphatic rings. The monoisotopic (exact) mass is 271 g/mol. The Morgan fingerprint density at radius 3 is 2.21 bits per heavy atom. The van der Waals surface area contributed by atoms with Crippen molar-refractivity contribution >= 4 is 19.0 Å². The van der Waals surface area contributed by atoms with E-state index in [0.717, 1.165) is 0 Å². The first-order chi connectivity index (χ1) is 8.89. The Morgan fingerprint density at radius 1 is 1.05 bits per heavy atom. The van der Waals surface area contributed by atoms with Gasteiger partial charge in [-0.3, -0.25) is 4.79 Å². The molecule has 0 aliphatic carbocycles. The fraction of sp³-hybridized carbons (Fsp3) is 0.200. The molecule has 4 heteroatoms. The summed E-state index contributed by atoms with van der Waals surface area (Å²) in [5.74, 6) is -0.238. The third-order valence-corrected chi connectivity index (χ3v) is 5.14. The van der Waals surface area contributed by atoms with Gasteiger partial charge in [-0.15, -0.1) is 0 Å². The zero-order valence-electron chi connectivity index (χ0n) is 11.4. The van der Waals surface area contributed by atoms with Crippen LogP contribution in [0.3, 0.4) is 0 Å². The maximum absolute atomic E-state index is 12.2. The predicted octanol–water partition coefficient (Wildman–Crippen LogP) is 2.10. The standard InChI is InChI=1S/C15H17NO2Si/c1-19(2,3)13-9-7-12(8-10-13)15(17)14-6-4-5-11-16(14)18/h4-11H,1-3H3. The lowest BCUT2D eigenvalue weighted by Crippen LogP contribution is -2.37. The summed E-state index contributed by atoms with van der Waals surface area (Å²) in [6.45, 7) is 6.77. The number of ketones is 1. The van der Waals surface area contributed by atoms with Crippen molar-refractivity contribution in [3.8, 4) is 0 Å². The third kappa shape index (κ3) is 2.90. The summed E-state index contributed by atoms with van der Waals surface area (Å²) < 4.78 is 0.606. The van der Waals surface area contributed by atoms with Crippen molar-refractivity contribution in [2.75, 3.05) is 0 Å². The molecule has 0 atom stereocenters. The average Bonchev–Trinajstić information content (AvgIpc) is 2.38. The molecular formula is C15H17NO2Si. The average molecular weight is 271 g/mol. The maximum atomic E-state index is 12.2. The lowest BCUT2D eigenvalue weighted by atomic mass is 10.1. The van der Waals surface area contributed by atoms with Crippen LogP contribution in [-0.2, 0) is 0 Å². The van der Waals surface area contributed by atoms with Crippen LogP contribution in [0.15, 0.2) is 48.7 Å². The normalized spacial score (nSPS) is 11.3. The first-order valence-electron chi connectivity index (χ1n) is 6.23. The number of hydrogen-bond acceptors (Lipinski definition) is 2. The molecule has 1 aromatic carbocycles. The number of benzene rings is 1. The van der Waals surface area contributed by atoms with Crippen LogP contribution in [0.25, 0.3) is 0 Å². The van der Waals surface area contributed by atoms with Crippen LogP contribution in [0, 0.1) is 5.21 Å². The first-order valence-corrected chi connectivity index (χ1v) is 9.73. The Labute approximate surface area is 114 Å². The summed E-state index contributed by atoms with van der Waals surface area (Å²) in [5, 5.41) is 12.9. The fourth-order valence-electron chi connectivity index (χ4n) is 1.87. The van der Waals surface area contributed by atoms with E-state index in [1.807, 2.05) is 24.3 Å². The van der Waals surface area contributed by atoms with E-state index in [1.165, 1.54) is 11.4 Å². The van der Waals surface area contributed by atoms with E-state index in [9.17, 15) is 10.0 Å². The molecule has 1 heterocycles. The summed E-state index contributed by atoms with van der Waals surface area (Å²) >= 11 is 0. The van der Waals surface area contributed by atoms with Gasteiger partial charge in [-0.1, -0.05) is 49.1 Å². The molecule has 19 heavy (non-hydrogen) atoms. The lowest BCUT2D eigenvalue weighted by molar-refractivity contribution is -0.607. The predicted molar refractivity (Wildman–Crippen MR) is 78.3 cm³/mol. The van der Waals surface area contributed by atoms with Crippen molar-refractivity contribution in [2.45, 2.75) is 19.6 Å². The highest BCUT2D eigenvalue weighted by Gasteiger charge is 2.20. The molecule has 0 radical (unpaired) electrons. The van der Waals surface area contributed by atoms with E-state index in [-0.39, 0.29) is 11.5 Å². The van der Waals surface area contributed by atoms with Crippen LogP contribution in [0.4, 0.5) is 0 Å². The first kappa shape index (κ1) is 13.5. The van der Waals surface area contributed by atoms with Gasteiger partial charge in [0.15, 0.2) is 6.20 Å². The molecule has 3 nitrogen and oxygen atoms in total. The number of hydrogen-bond donors (Lipinski definition) is 0. The molecule has 0 bridgehead atoms. The van der Waals surface area contributed by atoms with Crippen molar-refractivity contribution in [3.63, 3.8) is 0 Å². The highest BCUT2D eigenvalue weighted by Crippen LogP contribution is 2.08. The summed E-state index contributed by atoms with van der Waals surface area (Å²) in [5.41, 5.74) is 0.709. The van der Waals surface area contributed by atoms with E-state index >= 15 is 0 Å². The number of aromatic nitrogens is 1. The van der Waals surface area contributed by atoms with Gasteiger partial charge < -0.3 is 5.21 Å². The molecule has 2 aromatic rings. The Kier molecular flexibility index (Phi) is 3.53. The summed E-state index contributed by atoms with van der Waals surface area (Å²) in [4.78, 5) is 12.2. The summed E-state index contributed by atoms with van der Waals surface area (Å²) in [7, 11) is -1.36. The van der Waals surface area contributed by atoms with Crippen LogP contribution in [0.5, 0.6) is 0 Å². The maximum Gasteiger partial charge on any atom is 0.264 e. The van der Waals surface area contributed by atoms with Crippen molar-refractivity contribution in [2.24, 2.45) is 0 Å². The van der Waals surface area contributed by atoms with Gasteiger partial charge in [0.2, 0.25) is 0 Å². The van der Waals surface area contributed by atoms with E-state index in [2.05, 4.69) is 19.6 Å². The minimum absolute atomic E-state index is 0.156. The number of nitrogens with zero attached hydrogens (tertiary/aromatic N) is 1. The molecule has 0 unspecified atom stereocenters. The van der Waals surface area contributed by atoms with Crippen molar-refractivity contribution in [3.05, 3.63) is 65.1 Å². The second-order valence-electron chi connectivity index (χ2n) is 5.57. The Hall–Kier alpha value is -1.94. The highest BCUT2D eigenvalue weighted by atomic mass is 28.3. The molecule has 0 saturated heterocycles. The van der Waals surface area contributed by atoms with Gasteiger partial charge in [0.1, 0.15) is 0 Å². The molecule has 2 rings (SSSR count). The van der Waals surface area contributed by atoms with Gasteiger partial charge in [-0.25, -0.2) is 0 Å². The number of carbonyl (C=O) groups is 1. The van der Waals surface area contributed by atoms with Crippen molar-refractivity contribution in [1.82, 2.24) is 0 Å². The zero-order chi connectivity index (χ0) is 14.0. The van der Waals surface area contributed by atoms with E-state index < -0.39 is 8.07 Å². The quantitative estimate of drug-likeness (QED) is 0.371. The van der Waals surface area contributed by atoms with Crippen molar-refractivity contribution in [1.29, 1.82) is 0 Å². The minimum atomic E-state index is -1.36. The van der Waals surface area contributed by atoms with Crippen LogP contribution in [0.2, 0.25) is 19.6 Å². The van der Waals surface area contributed by atoms with Crippen LogP contribution >= 0.6 is 0 Å².